The number of methoxy groups -OCH3 is 6. The monoisotopic (exact) mass is 530 g/mol. The first-order chi connectivity index (χ1) is 18.4. The molecule has 0 saturated heterocycles. The maximum Gasteiger partial charge on any atom is 0.227 e. The summed E-state index contributed by atoms with van der Waals surface area (Å²) in [5.74, 6) is 3.26. The molecule has 3 rings (SSSR count). The van der Waals surface area contributed by atoms with Crippen molar-refractivity contribution >= 4 is 5.91 Å². The maximum atomic E-state index is 13.3. The molecule has 0 fully saturated rings. The van der Waals surface area contributed by atoms with Crippen LogP contribution in [0, 0.1) is 0 Å². The van der Waals surface area contributed by atoms with E-state index in [-0.39, 0.29) is 12.3 Å². The van der Waals surface area contributed by atoms with E-state index in [9.17, 15) is 4.79 Å². The molecule has 2 aromatic rings. The number of carbonyl (C=O) groups is 1. The molecule has 0 saturated carbocycles. The van der Waals surface area contributed by atoms with Gasteiger partial charge in [0.1, 0.15) is 0 Å². The maximum absolute atomic E-state index is 13.3. The van der Waals surface area contributed by atoms with Crippen molar-refractivity contribution in [2.24, 2.45) is 0 Å². The minimum absolute atomic E-state index is 0.00735. The first-order valence-corrected chi connectivity index (χ1v) is 12.8. The molecule has 38 heavy (non-hydrogen) atoms. The molecule has 0 N–H and O–H groups in total. The lowest BCUT2D eigenvalue weighted by Gasteiger charge is -2.34. The number of likely N-dealkylation sites (N-methyl/N-ethyl adjacent to an activating group) is 1. The molecule has 1 aliphatic carbocycles. The third-order valence-corrected chi connectivity index (χ3v) is 7.10. The standard InChI is InChI=1S/C29H42N2O7/c1-30(18-22-15-21-16-26(35-4)27(36-5)17-23(21)22)11-8-12-31(19-29(37-6)38-7)28(32)14-20-9-10-24(33-2)25(13-20)34-3/h9-10,13,16-17,22,29H,8,11-12,14-15,18-19H2,1-7H3/t22-/m1/s1. The number of carbonyl (C=O) groups excluding carboxylic acids is 1. The van der Waals surface area contributed by atoms with Gasteiger partial charge in [0.2, 0.25) is 5.91 Å². The van der Waals surface area contributed by atoms with Gasteiger partial charge >= 0.3 is 0 Å². The lowest BCUT2D eigenvalue weighted by atomic mass is 9.77. The van der Waals surface area contributed by atoms with Gasteiger partial charge in [-0.1, -0.05) is 6.07 Å². The Morgan fingerprint density at radius 3 is 2.13 bits per heavy atom. The molecule has 0 unspecified atom stereocenters. The topological polar surface area (TPSA) is 78.9 Å². The molecule has 210 valence electrons. The predicted molar refractivity (Wildman–Crippen MR) is 146 cm³/mol. The van der Waals surface area contributed by atoms with Gasteiger partial charge in [0.25, 0.3) is 0 Å². The highest BCUT2D eigenvalue weighted by molar-refractivity contribution is 5.79. The van der Waals surface area contributed by atoms with Crippen LogP contribution in [-0.4, -0.2) is 97.9 Å². The average molecular weight is 531 g/mol. The Labute approximate surface area is 226 Å². The number of nitrogens with zero attached hydrogens (tertiary/aromatic N) is 2. The molecular formula is C29H42N2O7. The molecule has 1 amide bonds. The third-order valence-electron chi connectivity index (χ3n) is 7.10. The molecule has 0 aromatic heterocycles. The number of hydrogen-bond acceptors (Lipinski definition) is 8. The van der Waals surface area contributed by atoms with E-state index in [1.165, 1.54) is 11.1 Å². The van der Waals surface area contributed by atoms with Crippen LogP contribution in [0.3, 0.4) is 0 Å². The molecule has 1 atom stereocenters. The van der Waals surface area contributed by atoms with E-state index in [1.807, 2.05) is 23.1 Å². The van der Waals surface area contributed by atoms with Crippen molar-refractivity contribution < 1.29 is 33.2 Å². The van der Waals surface area contributed by atoms with Crippen LogP contribution in [0.25, 0.3) is 0 Å². The number of rotatable bonds is 16. The van der Waals surface area contributed by atoms with Crippen LogP contribution < -0.4 is 18.9 Å². The van der Waals surface area contributed by atoms with Gasteiger partial charge in [0.15, 0.2) is 29.3 Å². The Bertz CT molecular complexity index is 1060. The average Bonchev–Trinajstić information content (AvgIpc) is 2.93. The van der Waals surface area contributed by atoms with E-state index in [1.54, 1.807) is 42.7 Å². The highest BCUT2D eigenvalue weighted by Crippen LogP contribution is 2.42. The van der Waals surface area contributed by atoms with Crippen LogP contribution in [0.5, 0.6) is 23.0 Å². The van der Waals surface area contributed by atoms with Crippen LogP contribution in [0.15, 0.2) is 30.3 Å². The van der Waals surface area contributed by atoms with Gasteiger partial charge in [0.05, 0.1) is 41.4 Å². The molecule has 0 bridgehead atoms. The Hall–Kier alpha value is -3.01. The minimum atomic E-state index is -0.486. The summed E-state index contributed by atoms with van der Waals surface area (Å²) in [7, 11) is 11.8. The van der Waals surface area contributed by atoms with Crippen LogP contribution in [0.1, 0.15) is 29.0 Å². The van der Waals surface area contributed by atoms with E-state index < -0.39 is 6.29 Å². The van der Waals surface area contributed by atoms with E-state index in [0.29, 0.717) is 30.5 Å². The van der Waals surface area contributed by atoms with Crippen molar-refractivity contribution in [1.82, 2.24) is 9.80 Å². The normalized spacial score (nSPS) is 14.2. The van der Waals surface area contributed by atoms with Crippen molar-refractivity contribution in [3.8, 4) is 23.0 Å². The summed E-state index contributed by atoms with van der Waals surface area (Å²) < 4.78 is 32.4. The lowest BCUT2D eigenvalue weighted by molar-refractivity contribution is -0.145. The highest BCUT2D eigenvalue weighted by Gasteiger charge is 2.29. The number of benzene rings is 2. The molecule has 9 heteroatoms. The van der Waals surface area contributed by atoms with Gasteiger partial charge in [-0.15, -0.1) is 0 Å². The summed E-state index contributed by atoms with van der Waals surface area (Å²) in [6.45, 7) is 2.77. The molecule has 0 spiro atoms. The Morgan fingerprint density at radius 2 is 1.50 bits per heavy atom. The minimum Gasteiger partial charge on any atom is -0.493 e. The predicted octanol–water partition coefficient (Wildman–Crippen LogP) is 3.37. The Kier molecular flexibility index (Phi) is 11.1. The first-order valence-electron chi connectivity index (χ1n) is 12.8. The van der Waals surface area contributed by atoms with Crippen LogP contribution in [0.4, 0.5) is 0 Å². The van der Waals surface area contributed by atoms with Gasteiger partial charge in [-0.3, -0.25) is 4.79 Å². The van der Waals surface area contributed by atoms with Crippen molar-refractivity contribution in [2.75, 3.05) is 75.9 Å². The molecule has 0 heterocycles. The smallest absolute Gasteiger partial charge is 0.227 e. The quantitative estimate of drug-likeness (QED) is 0.306. The second-order valence-electron chi connectivity index (χ2n) is 9.53. The fourth-order valence-electron chi connectivity index (χ4n) is 4.92. The first kappa shape index (κ1) is 29.5. The van der Waals surface area contributed by atoms with Gasteiger partial charge in [-0.25, -0.2) is 0 Å². The second kappa shape index (κ2) is 14.2. The summed E-state index contributed by atoms with van der Waals surface area (Å²) in [4.78, 5) is 17.4. The van der Waals surface area contributed by atoms with Gasteiger partial charge in [0, 0.05) is 33.2 Å². The summed E-state index contributed by atoms with van der Waals surface area (Å²) in [6, 6.07) is 9.72. The summed E-state index contributed by atoms with van der Waals surface area (Å²) >= 11 is 0. The molecule has 0 aliphatic heterocycles. The Morgan fingerprint density at radius 1 is 0.868 bits per heavy atom. The van der Waals surface area contributed by atoms with Gasteiger partial charge in [-0.05, 0) is 67.4 Å². The largest absolute Gasteiger partial charge is 0.493 e. The molecule has 0 radical (unpaired) electrons. The molecular weight excluding hydrogens is 488 g/mol. The van der Waals surface area contributed by atoms with Crippen LogP contribution in [-0.2, 0) is 27.1 Å². The Balaban J connectivity index is 1.57. The SMILES string of the molecule is COc1ccc(CC(=O)N(CCCN(C)C[C@H]2Cc3cc(OC)c(OC)cc32)CC(OC)OC)cc1OC. The van der Waals surface area contributed by atoms with Crippen molar-refractivity contribution in [1.29, 1.82) is 0 Å². The van der Waals surface area contributed by atoms with Crippen molar-refractivity contribution in [2.45, 2.75) is 31.5 Å². The van der Waals surface area contributed by atoms with E-state index in [0.717, 1.165) is 43.0 Å². The fourth-order valence-corrected chi connectivity index (χ4v) is 4.92. The van der Waals surface area contributed by atoms with E-state index in [2.05, 4.69) is 24.1 Å². The van der Waals surface area contributed by atoms with E-state index >= 15 is 0 Å². The number of fused-ring (bicyclic) bond motifs is 1. The fraction of sp³-hybridized carbons (Fsp3) is 0.552. The number of ether oxygens (including phenoxy) is 6. The number of amides is 1. The van der Waals surface area contributed by atoms with Gasteiger partial charge < -0.3 is 38.2 Å². The second-order valence-corrected chi connectivity index (χ2v) is 9.53. The zero-order valence-corrected chi connectivity index (χ0v) is 23.7. The highest BCUT2D eigenvalue weighted by atomic mass is 16.7. The zero-order chi connectivity index (χ0) is 27.7. The summed E-state index contributed by atoms with van der Waals surface area (Å²) in [5.41, 5.74) is 3.50. The molecule has 9 nitrogen and oxygen atoms in total. The number of hydrogen-bond donors (Lipinski definition) is 0. The van der Waals surface area contributed by atoms with Crippen LogP contribution in [0.2, 0.25) is 0 Å². The van der Waals surface area contributed by atoms with Crippen LogP contribution >= 0.6 is 0 Å². The lowest BCUT2D eigenvalue weighted by Crippen LogP contribution is -2.41. The van der Waals surface area contributed by atoms with Gasteiger partial charge in [-0.2, -0.15) is 0 Å². The summed E-state index contributed by atoms with van der Waals surface area (Å²) in [5, 5.41) is 0. The van der Waals surface area contributed by atoms with E-state index in [4.69, 9.17) is 28.4 Å². The molecule has 2 aromatic carbocycles. The zero-order valence-electron chi connectivity index (χ0n) is 23.7. The molecule has 1 aliphatic rings. The summed E-state index contributed by atoms with van der Waals surface area (Å²) in [6.07, 6.45) is 1.63. The third kappa shape index (κ3) is 7.30. The van der Waals surface area contributed by atoms with Crippen molar-refractivity contribution in [3.05, 3.63) is 47.0 Å². The van der Waals surface area contributed by atoms with Crippen molar-refractivity contribution in [3.63, 3.8) is 0 Å².